The summed E-state index contributed by atoms with van der Waals surface area (Å²) in [6, 6.07) is 4.19. The molecule has 1 aliphatic rings. The molecule has 0 saturated heterocycles. The fourth-order valence-electron chi connectivity index (χ4n) is 2.62. The van der Waals surface area contributed by atoms with Gasteiger partial charge in [0.15, 0.2) is 0 Å². The third-order valence-corrected chi connectivity index (χ3v) is 4.37. The molecule has 0 fully saturated rings. The van der Waals surface area contributed by atoms with Crippen molar-refractivity contribution < 1.29 is 0 Å². The van der Waals surface area contributed by atoms with Gasteiger partial charge in [-0.05, 0) is 49.8 Å². The van der Waals surface area contributed by atoms with Crippen LogP contribution in [0.5, 0.6) is 0 Å². The van der Waals surface area contributed by atoms with Crippen molar-refractivity contribution in [3.8, 4) is 0 Å². The molecule has 0 bridgehead atoms. The van der Waals surface area contributed by atoms with Crippen molar-refractivity contribution in [3.05, 3.63) is 23.3 Å². The van der Waals surface area contributed by atoms with Gasteiger partial charge in [-0.25, -0.2) is 0 Å². The molecule has 2 nitrogen and oxygen atoms in total. The van der Waals surface area contributed by atoms with Gasteiger partial charge in [-0.1, -0.05) is 19.9 Å². The molecule has 2 atom stereocenters. The quantitative estimate of drug-likeness (QED) is 0.654. The molecule has 1 aromatic carbocycles. The summed E-state index contributed by atoms with van der Waals surface area (Å²) in [6.45, 7) is 11.2. The molecule has 88 valence electrons. The van der Waals surface area contributed by atoms with E-state index in [4.69, 9.17) is 5.73 Å². The molecule has 2 heteroatoms. The zero-order valence-corrected chi connectivity index (χ0v) is 10.9. The summed E-state index contributed by atoms with van der Waals surface area (Å²) in [4.78, 5) is 0. The fourth-order valence-corrected chi connectivity index (χ4v) is 2.62. The first-order chi connectivity index (χ1) is 7.34. The van der Waals surface area contributed by atoms with Crippen LogP contribution in [0, 0.1) is 12.8 Å². The van der Waals surface area contributed by atoms with Gasteiger partial charge in [0.2, 0.25) is 0 Å². The maximum atomic E-state index is 5.97. The van der Waals surface area contributed by atoms with Crippen LogP contribution in [0.1, 0.15) is 44.7 Å². The standard InChI is InChI=1S/C14H22N2/c1-8-10(3)14(4,5)16-13-9(2)12(15)7-6-11(8)13/h6-8,10,16H,15H2,1-5H3. The minimum Gasteiger partial charge on any atom is -0.398 e. The molecule has 1 heterocycles. The van der Waals surface area contributed by atoms with Crippen molar-refractivity contribution in [1.82, 2.24) is 0 Å². The summed E-state index contributed by atoms with van der Waals surface area (Å²) < 4.78 is 0. The van der Waals surface area contributed by atoms with E-state index < -0.39 is 0 Å². The molecule has 2 unspecified atom stereocenters. The van der Waals surface area contributed by atoms with Crippen LogP contribution < -0.4 is 11.1 Å². The second-order valence-corrected chi connectivity index (χ2v) is 5.67. The van der Waals surface area contributed by atoms with E-state index in [2.05, 4.69) is 46.0 Å². The topological polar surface area (TPSA) is 38.0 Å². The van der Waals surface area contributed by atoms with E-state index in [1.807, 2.05) is 6.07 Å². The highest BCUT2D eigenvalue weighted by molar-refractivity contribution is 5.70. The van der Waals surface area contributed by atoms with Crippen LogP contribution in [0.3, 0.4) is 0 Å². The average molecular weight is 218 g/mol. The summed E-state index contributed by atoms with van der Waals surface area (Å²) in [5.41, 5.74) is 10.8. The Morgan fingerprint density at radius 1 is 1.25 bits per heavy atom. The average Bonchev–Trinajstić information content (AvgIpc) is 2.21. The highest BCUT2D eigenvalue weighted by atomic mass is 15.0. The number of fused-ring (bicyclic) bond motifs is 1. The van der Waals surface area contributed by atoms with Gasteiger partial charge in [0, 0.05) is 16.9 Å². The Kier molecular flexibility index (Phi) is 2.41. The lowest BCUT2D eigenvalue weighted by atomic mass is 9.72. The summed E-state index contributed by atoms with van der Waals surface area (Å²) in [5.74, 6) is 1.19. The molecule has 0 spiro atoms. The lowest BCUT2D eigenvalue weighted by molar-refractivity contribution is 0.315. The Bertz CT molecular complexity index is 421. The van der Waals surface area contributed by atoms with Crippen LogP contribution in [0.2, 0.25) is 0 Å². The Morgan fingerprint density at radius 2 is 1.88 bits per heavy atom. The van der Waals surface area contributed by atoms with Crippen LogP contribution in [0.4, 0.5) is 11.4 Å². The third-order valence-electron chi connectivity index (χ3n) is 4.37. The maximum absolute atomic E-state index is 5.97. The van der Waals surface area contributed by atoms with E-state index in [0.29, 0.717) is 11.8 Å². The number of hydrogen-bond donors (Lipinski definition) is 2. The fraction of sp³-hybridized carbons (Fsp3) is 0.571. The normalized spacial score (nSPS) is 27.1. The summed E-state index contributed by atoms with van der Waals surface area (Å²) in [5, 5.41) is 3.65. The van der Waals surface area contributed by atoms with Crippen LogP contribution >= 0.6 is 0 Å². The highest BCUT2D eigenvalue weighted by Gasteiger charge is 2.37. The van der Waals surface area contributed by atoms with E-state index in [9.17, 15) is 0 Å². The van der Waals surface area contributed by atoms with Crippen molar-refractivity contribution in [2.45, 2.75) is 46.1 Å². The minimum absolute atomic E-state index is 0.130. The van der Waals surface area contributed by atoms with Crippen LogP contribution in [-0.2, 0) is 0 Å². The Balaban J connectivity index is 2.59. The van der Waals surface area contributed by atoms with Gasteiger partial charge in [-0.2, -0.15) is 0 Å². The van der Waals surface area contributed by atoms with Crippen molar-refractivity contribution in [2.24, 2.45) is 5.92 Å². The second kappa shape index (κ2) is 3.41. The highest BCUT2D eigenvalue weighted by Crippen LogP contribution is 2.45. The van der Waals surface area contributed by atoms with Gasteiger partial charge in [-0.15, -0.1) is 0 Å². The summed E-state index contributed by atoms with van der Waals surface area (Å²) in [6.07, 6.45) is 0. The molecular formula is C14H22N2. The summed E-state index contributed by atoms with van der Waals surface area (Å²) >= 11 is 0. The molecule has 2 rings (SSSR count). The number of nitrogen functional groups attached to an aromatic ring is 1. The lowest BCUT2D eigenvalue weighted by Crippen LogP contribution is -2.44. The Hall–Kier alpha value is -1.18. The van der Waals surface area contributed by atoms with Crippen LogP contribution in [0.15, 0.2) is 12.1 Å². The predicted octanol–water partition coefficient (Wildman–Crippen LogP) is 3.52. The molecule has 1 aromatic rings. The number of nitrogens with two attached hydrogens (primary N) is 1. The predicted molar refractivity (Wildman–Crippen MR) is 70.9 cm³/mol. The summed E-state index contributed by atoms with van der Waals surface area (Å²) in [7, 11) is 0. The van der Waals surface area contributed by atoms with Gasteiger partial charge < -0.3 is 11.1 Å². The van der Waals surface area contributed by atoms with Gasteiger partial charge in [0.1, 0.15) is 0 Å². The molecule has 0 saturated carbocycles. The van der Waals surface area contributed by atoms with Gasteiger partial charge in [0.25, 0.3) is 0 Å². The molecular weight excluding hydrogens is 196 g/mol. The number of rotatable bonds is 0. The van der Waals surface area contributed by atoms with E-state index in [1.165, 1.54) is 16.8 Å². The van der Waals surface area contributed by atoms with E-state index in [1.54, 1.807) is 0 Å². The molecule has 0 radical (unpaired) electrons. The molecule has 1 aliphatic heterocycles. The largest absolute Gasteiger partial charge is 0.398 e. The number of nitrogens with one attached hydrogen (secondary N) is 1. The second-order valence-electron chi connectivity index (χ2n) is 5.67. The van der Waals surface area contributed by atoms with Crippen molar-refractivity contribution in [3.63, 3.8) is 0 Å². The number of anilines is 2. The number of benzene rings is 1. The minimum atomic E-state index is 0.130. The lowest BCUT2D eigenvalue weighted by Gasteiger charge is -2.44. The maximum Gasteiger partial charge on any atom is 0.0430 e. The molecule has 3 N–H and O–H groups in total. The molecule has 0 aliphatic carbocycles. The van der Waals surface area contributed by atoms with E-state index in [-0.39, 0.29) is 5.54 Å². The monoisotopic (exact) mass is 218 g/mol. The van der Waals surface area contributed by atoms with Crippen LogP contribution in [0.25, 0.3) is 0 Å². The molecule has 0 aromatic heterocycles. The van der Waals surface area contributed by atoms with Gasteiger partial charge >= 0.3 is 0 Å². The first kappa shape index (κ1) is 11.3. The van der Waals surface area contributed by atoms with Gasteiger partial charge in [-0.3, -0.25) is 0 Å². The Morgan fingerprint density at radius 3 is 2.50 bits per heavy atom. The van der Waals surface area contributed by atoms with Crippen molar-refractivity contribution >= 4 is 11.4 Å². The van der Waals surface area contributed by atoms with Crippen LogP contribution in [-0.4, -0.2) is 5.54 Å². The number of hydrogen-bond acceptors (Lipinski definition) is 2. The molecule has 16 heavy (non-hydrogen) atoms. The van der Waals surface area contributed by atoms with E-state index >= 15 is 0 Å². The Labute approximate surface area is 98.2 Å². The first-order valence-corrected chi connectivity index (χ1v) is 6.01. The smallest absolute Gasteiger partial charge is 0.0430 e. The first-order valence-electron chi connectivity index (χ1n) is 6.01. The zero-order valence-electron chi connectivity index (χ0n) is 10.9. The third kappa shape index (κ3) is 1.48. The van der Waals surface area contributed by atoms with Crippen molar-refractivity contribution in [1.29, 1.82) is 0 Å². The van der Waals surface area contributed by atoms with Gasteiger partial charge in [0.05, 0.1) is 0 Å². The van der Waals surface area contributed by atoms with Crippen molar-refractivity contribution in [2.75, 3.05) is 11.1 Å². The van der Waals surface area contributed by atoms with E-state index in [0.717, 1.165) is 5.69 Å². The molecule has 0 amide bonds. The SMILES string of the molecule is Cc1c(N)ccc2c1NC(C)(C)C(C)C2C. The zero-order chi connectivity index (χ0) is 12.1.